The Morgan fingerprint density at radius 1 is 0.841 bits per heavy atom. The molecule has 7 nitrogen and oxygen atoms in total. The second-order valence-electron chi connectivity index (χ2n) is 12.2. The Morgan fingerprint density at radius 3 is 1.98 bits per heavy atom. The molecule has 3 rings (SSSR count). The minimum absolute atomic E-state index is 0.178. The van der Waals surface area contributed by atoms with Gasteiger partial charge in [-0.25, -0.2) is 8.42 Å². The molecule has 1 aromatic carbocycles. The molecule has 0 bridgehead atoms. The molecule has 9 heteroatoms. The summed E-state index contributed by atoms with van der Waals surface area (Å²) in [4.78, 5) is -0.178. The van der Waals surface area contributed by atoms with E-state index in [0.29, 0.717) is 5.92 Å². The van der Waals surface area contributed by atoms with Gasteiger partial charge in [0.1, 0.15) is 16.7 Å². The quantitative estimate of drug-likeness (QED) is 0.0644. The topological polar surface area (TPSA) is 88.8 Å². The average molecular weight is 654 g/mol. The van der Waals surface area contributed by atoms with Crippen LogP contribution in [0.1, 0.15) is 115 Å². The molecular weight excluding hydrogens is 595 g/mol. The van der Waals surface area contributed by atoms with E-state index in [2.05, 4.69) is 28.6 Å². The van der Waals surface area contributed by atoms with Gasteiger partial charge in [-0.1, -0.05) is 107 Å². The second-order valence-corrected chi connectivity index (χ2v) is 14.3. The molecule has 252 valence electrons. The van der Waals surface area contributed by atoms with E-state index in [9.17, 15) is 13.0 Å². The molecule has 1 fully saturated rings. The molecule has 1 aliphatic heterocycles. The SMILES string of the molecule is CCCCCCCCCCCCOCC1COC(COCCCCCCC[n+]2ccsc2)C1.Cc1ccc(S(=O)(=O)[O-])cc1. The van der Waals surface area contributed by atoms with Gasteiger partial charge in [-0.3, -0.25) is 0 Å². The van der Waals surface area contributed by atoms with Crippen molar-refractivity contribution in [2.75, 3.05) is 33.0 Å². The number of thiazole rings is 1. The van der Waals surface area contributed by atoms with Gasteiger partial charge >= 0.3 is 0 Å². The Hall–Kier alpha value is -1.36. The highest BCUT2D eigenvalue weighted by Gasteiger charge is 2.25. The fourth-order valence-electron chi connectivity index (χ4n) is 5.29. The molecule has 2 atom stereocenters. The number of nitrogens with zero attached hydrogens (tertiary/aromatic N) is 1. The van der Waals surface area contributed by atoms with E-state index in [1.807, 2.05) is 6.92 Å². The fourth-order valence-corrected chi connectivity index (χ4v) is 6.39. The summed E-state index contributed by atoms with van der Waals surface area (Å²) in [5.74, 6) is 0.558. The zero-order chi connectivity index (χ0) is 31.7. The van der Waals surface area contributed by atoms with E-state index >= 15 is 0 Å². The van der Waals surface area contributed by atoms with E-state index in [1.54, 1.807) is 23.5 Å². The molecule has 2 unspecified atom stereocenters. The number of rotatable bonds is 24. The van der Waals surface area contributed by atoms with Crippen LogP contribution in [0.3, 0.4) is 0 Å². The molecule has 44 heavy (non-hydrogen) atoms. The fraction of sp³-hybridized carbons (Fsp3) is 0.743. The Labute approximate surface area is 272 Å². The average Bonchev–Trinajstić information content (AvgIpc) is 3.69. The largest absolute Gasteiger partial charge is 0.744 e. The standard InChI is InChI=1S/C28H52NO3S.C7H8O3S/c1-2-3-4-5-6-7-8-9-12-15-19-30-23-27-22-28(32-24-27)25-31-20-16-13-10-11-14-17-29-18-21-33-26-29;1-6-2-4-7(5-3-6)11(8,9)10/h18,21,26-28H,2-17,19-20,22-25H2,1H3;2-5H,1H3,(H,8,9,10)/q+1;/p-1. The summed E-state index contributed by atoms with van der Waals surface area (Å²) >= 11 is 1.77. The summed E-state index contributed by atoms with van der Waals surface area (Å²) in [7, 11) is -4.27. The third-order valence-electron chi connectivity index (χ3n) is 8.01. The summed E-state index contributed by atoms with van der Waals surface area (Å²) in [5, 5.41) is 2.14. The number of hydrogen-bond donors (Lipinski definition) is 0. The van der Waals surface area contributed by atoms with Crippen molar-refractivity contribution in [3.8, 4) is 0 Å². The minimum Gasteiger partial charge on any atom is -0.744 e. The van der Waals surface area contributed by atoms with Crippen molar-refractivity contribution in [2.45, 2.75) is 134 Å². The van der Waals surface area contributed by atoms with Crippen LogP contribution in [0, 0.1) is 12.8 Å². The molecule has 1 aliphatic rings. The summed E-state index contributed by atoms with van der Waals surface area (Å²) in [6, 6.07) is 5.78. The van der Waals surface area contributed by atoms with Crippen LogP contribution >= 0.6 is 11.3 Å². The molecule has 0 amide bonds. The zero-order valence-electron chi connectivity index (χ0n) is 27.5. The first-order valence-electron chi connectivity index (χ1n) is 17.1. The van der Waals surface area contributed by atoms with Gasteiger partial charge in [0.25, 0.3) is 0 Å². The second kappa shape index (κ2) is 24.8. The molecule has 1 saturated heterocycles. The van der Waals surface area contributed by atoms with E-state index in [1.165, 1.54) is 108 Å². The van der Waals surface area contributed by atoms with Crippen molar-refractivity contribution in [3.05, 3.63) is 46.9 Å². The number of aryl methyl sites for hydroxylation is 2. The Balaban J connectivity index is 0.000000514. The summed E-state index contributed by atoms with van der Waals surface area (Å²) < 4.78 is 51.2. The molecule has 0 saturated carbocycles. The highest BCUT2D eigenvalue weighted by molar-refractivity contribution is 7.85. The van der Waals surface area contributed by atoms with Crippen LogP contribution in [0.15, 0.2) is 46.2 Å². The van der Waals surface area contributed by atoms with Gasteiger partial charge in [-0.2, -0.15) is 4.57 Å². The molecule has 0 radical (unpaired) electrons. The monoisotopic (exact) mass is 653 g/mol. The third kappa shape index (κ3) is 19.9. The van der Waals surface area contributed by atoms with Crippen LogP contribution < -0.4 is 4.57 Å². The van der Waals surface area contributed by atoms with Crippen molar-refractivity contribution in [1.29, 1.82) is 0 Å². The normalized spacial score (nSPS) is 16.6. The maximum Gasteiger partial charge on any atom is 0.224 e. The van der Waals surface area contributed by atoms with Crippen molar-refractivity contribution in [3.63, 3.8) is 0 Å². The van der Waals surface area contributed by atoms with Crippen LogP contribution in [0.25, 0.3) is 0 Å². The minimum atomic E-state index is -4.27. The van der Waals surface area contributed by atoms with Crippen LogP contribution in [0.2, 0.25) is 0 Å². The maximum atomic E-state index is 10.4. The summed E-state index contributed by atoms with van der Waals surface area (Å²) in [6.45, 7) is 9.51. The van der Waals surface area contributed by atoms with Gasteiger partial charge in [0.2, 0.25) is 5.51 Å². The van der Waals surface area contributed by atoms with Gasteiger partial charge < -0.3 is 18.8 Å². The van der Waals surface area contributed by atoms with E-state index < -0.39 is 10.1 Å². The van der Waals surface area contributed by atoms with Crippen LogP contribution in [-0.4, -0.2) is 52.1 Å². The molecule has 2 aromatic rings. The smallest absolute Gasteiger partial charge is 0.224 e. The van der Waals surface area contributed by atoms with Crippen molar-refractivity contribution in [2.24, 2.45) is 5.92 Å². The van der Waals surface area contributed by atoms with Crippen molar-refractivity contribution < 1.29 is 31.7 Å². The number of unbranched alkanes of at least 4 members (excludes halogenated alkanes) is 13. The van der Waals surface area contributed by atoms with Crippen LogP contribution in [0.5, 0.6) is 0 Å². The highest BCUT2D eigenvalue weighted by atomic mass is 32.2. The lowest BCUT2D eigenvalue weighted by Gasteiger charge is -2.11. The third-order valence-corrected chi connectivity index (χ3v) is 9.53. The van der Waals surface area contributed by atoms with Gasteiger partial charge in [0, 0.05) is 25.6 Å². The summed E-state index contributed by atoms with van der Waals surface area (Å²) in [6.07, 6.45) is 23.7. The zero-order valence-corrected chi connectivity index (χ0v) is 29.1. The predicted octanol–water partition coefficient (Wildman–Crippen LogP) is 8.24. The van der Waals surface area contributed by atoms with E-state index in [0.717, 1.165) is 51.6 Å². The Kier molecular flexibility index (Phi) is 21.9. The van der Waals surface area contributed by atoms with Crippen LogP contribution in [-0.2, 0) is 30.9 Å². The van der Waals surface area contributed by atoms with Gasteiger partial charge in [0.05, 0.1) is 36.2 Å². The first-order valence-corrected chi connectivity index (χ1v) is 19.4. The van der Waals surface area contributed by atoms with Crippen molar-refractivity contribution in [1.82, 2.24) is 0 Å². The number of hydrogen-bond acceptors (Lipinski definition) is 7. The maximum absolute atomic E-state index is 10.4. The number of aromatic nitrogens is 1. The lowest BCUT2D eigenvalue weighted by atomic mass is 10.1. The highest BCUT2D eigenvalue weighted by Crippen LogP contribution is 2.20. The van der Waals surface area contributed by atoms with E-state index in [4.69, 9.17) is 14.2 Å². The molecular formula is C35H59NO6S2. The van der Waals surface area contributed by atoms with Gasteiger partial charge in [-0.15, -0.1) is 0 Å². The molecule has 0 spiro atoms. The van der Waals surface area contributed by atoms with E-state index in [-0.39, 0.29) is 11.0 Å². The first kappa shape index (κ1) is 38.8. The molecule has 0 aliphatic carbocycles. The first-order chi connectivity index (χ1) is 21.4. The molecule has 0 N–H and O–H groups in total. The van der Waals surface area contributed by atoms with Gasteiger partial charge in [-0.05, 0) is 44.7 Å². The van der Waals surface area contributed by atoms with Crippen molar-refractivity contribution >= 4 is 21.5 Å². The number of benzene rings is 1. The Bertz CT molecular complexity index is 1030. The Morgan fingerprint density at radius 2 is 1.41 bits per heavy atom. The lowest BCUT2D eigenvalue weighted by molar-refractivity contribution is -0.692. The number of ether oxygens (including phenoxy) is 3. The lowest BCUT2D eigenvalue weighted by Crippen LogP contribution is -2.29. The van der Waals surface area contributed by atoms with Gasteiger partial charge in [0.15, 0.2) is 6.20 Å². The molecule has 1 aromatic heterocycles. The van der Waals surface area contributed by atoms with Crippen LogP contribution in [0.4, 0.5) is 0 Å². The molecule has 2 heterocycles. The summed E-state index contributed by atoms with van der Waals surface area (Å²) in [5.41, 5.74) is 3.12. The predicted molar refractivity (Wildman–Crippen MR) is 178 cm³/mol.